The van der Waals surface area contributed by atoms with Gasteiger partial charge in [0.25, 0.3) is 0 Å². The average Bonchev–Trinajstić information content (AvgIpc) is 2.78. The minimum absolute atomic E-state index is 0.0597. The number of likely N-dealkylation sites (tertiary alicyclic amines) is 1. The SMILES string of the molecule is COc1cc(C)c(S(=O)(=O)N(C)CCOCC(=O)N2CCC3(CCN([O-])CC3)CC2)c(C)c1. The number of piperidine rings is 2. The first kappa shape index (κ1) is 25.9. The molecule has 0 bridgehead atoms. The van der Waals surface area contributed by atoms with Crippen LogP contribution in [0.25, 0.3) is 0 Å². The molecule has 2 heterocycles. The Bertz CT molecular complexity index is 911. The van der Waals surface area contributed by atoms with Gasteiger partial charge in [-0.2, -0.15) is 4.31 Å². The maximum absolute atomic E-state index is 13.0. The van der Waals surface area contributed by atoms with Crippen molar-refractivity contribution in [3.05, 3.63) is 28.5 Å². The number of hydrogen-bond acceptors (Lipinski definition) is 7. The van der Waals surface area contributed by atoms with Crippen molar-refractivity contribution in [3.63, 3.8) is 0 Å². The summed E-state index contributed by atoms with van der Waals surface area (Å²) < 4.78 is 38.1. The summed E-state index contributed by atoms with van der Waals surface area (Å²) in [6.07, 6.45) is 3.66. The first-order chi connectivity index (χ1) is 15.6. The molecule has 0 radical (unpaired) electrons. The van der Waals surface area contributed by atoms with Gasteiger partial charge in [0.2, 0.25) is 15.9 Å². The Morgan fingerprint density at radius 1 is 1.09 bits per heavy atom. The molecule has 3 rings (SSSR count). The molecule has 0 atom stereocenters. The number of nitrogens with zero attached hydrogens (tertiary/aromatic N) is 3. The minimum atomic E-state index is -3.69. The number of hydroxylamine groups is 2. The molecule has 2 aliphatic heterocycles. The normalized spacial score (nSPS) is 19.3. The van der Waals surface area contributed by atoms with Crippen molar-refractivity contribution in [2.75, 3.05) is 60.1 Å². The second-order valence-corrected chi connectivity index (χ2v) is 11.3. The van der Waals surface area contributed by atoms with Crippen LogP contribution in [0.1, 0.15) is 36.8 Å². The Balaban J connectivity index is 1.45. The molecule has 1 aromatic carbocycles. The van der Waals surface area contributed by atoms with E-state index in [0.717, 1.165) is 30.7 Å². The van der Waals surface area contributed by atoms with Crippen LogP contribution in [-0.4, -0.2) is 88.7 Å². The van der Waals surface area contributed by atoms with Crippen molar-refractivity contribution in [1.82, 2.24) is 14.3 Å². The summed E-state index contributed by atoms with van der Waals surface area (Å²) in [6.45, 7) is 6.26. The fourth-order valence-corrected chi connectivity index (χ4v) is 6.40. The number of ether oxygens (including phenoxy) is 2. The van der Waals surface area contributed by atoms with Gasteiger partial charge in [-0.15, -0.1) is 0 Å². The standard InChI is InChI=1S/C23H36N3O6S/c1-18-15-20(31-4)16-19(2)22(18)33(29,30)24(3)13-14-32-17-21(27)25-9-5-23(6-10-25)7-11-26(28)12-8-23/h15-16H,5-14,17H2,1-4H3/q-1. The lowest BCUT2D eigenvalue weighted by Gasteiger charge is -2.48. The molecule has 10 heteroatoms. The van der Waals surface area contributed by atoms with Gasteiger partial charge in [0, 0.05) is 26.7 Å². The van der Waals surface area contributed by atoms with Crippen molar-refractivity contribution in [3.8, 4) is 5.75 Å². The van der Waals surface area contributed by atoms with E-state index in [2.05, 4.69) is 0 Å². The molecule has 1 amide bonds. The summed E-state index contributed by atoms with van der Waals surface area (Å²) in [5, 5.41) is 12.6. The first-order valence-corrected chi connectivity index (χ1v) is 12.9. The van der Waals surface area contributed by atoms with E-state index in [1.165, 1.54) is 11.4 Å². The maximum atomic E-state index is 13.0. The molecule has 2 aliphatic rings. The van der Waals surface area contributed by atoms with Crippen LogP contribution in [0.15, 0.2) is 17.0 Å². The third-order valence-corrected chi connectivity index (χ3v) is 9.24. The van der Waals surface area contributed by atoms with E-state index in [1.54, 1.807) is 33.1 Å². The van der Waals surface area contributed by atoms with Crippen LogP contribution in [0.4, 0.5) is 0 Å². The third-order valence-electron chi connectivity index (χ3n) is 7.07. The zero-order chi connectivity index (χ0) is 24.2. The Kier molecular flexibility index (Phi) is 8.39. The first-order valence-electron chi connectivity index (χ1n) is 11.5. The number of amides is 1. The van der Waals surface area contributed by atoms with Gasteiger partial charge in [-0.25, -0.2) is 8.42 Å². The number of methoxy groups -OCH3 is 1. The number of benzene rings is 1. The molecule has 0 N–H and O–H groups in total. The van der Waals surface area contributed by atoms with Gasteiger partial charge in [0.1, 0.15) is 12.4 Å². The lowest BCUT2D eigenvalue weighted by Crippen LogP contribution is -2.48. The fourth-order valence-electron chi connectivity index (χ4n) is 4.85. The van der Waals surface area contributed by atoms with Gasteiger partial charge >= 0.3 is 0 Å². The molecule has 0 aromatic heterocycles. The average molecular weight is 483 g/mol. The lowest BCUT2D eigenvalue weighted by molar-refractivity contribution is -0.139. The number of carbonyl (C=O) groups is 1. The van der Waals surface area contributed by atoms with Crippen LogP contribution >= 0.6 is 0 Å². The molecule has 9 nitrogen and oxygen atoms in total. The molecule has 2 saturated heterocycles. The highest BCUT2D eigenvalue weighted by molar-refractivity contribution is 7.89. The molecule has 1 aromatic rings. The Hall–Kier alpha value is -1.72. The summed E-state index contributed by atoms with van der Waals surface area (Å²) in [6, 6.07) is 3.41. The van der Waals surface area contributed by atoms with Crippen molar-refractivity contribution in [2.45, 2.75) is 44.4 Å². The monoisotopic (exact) mass is 482 g/mol. The van der Waals surface area contributed by atoms with Gasteiger partial charge in [-0.05, 0) is 81.3 Å². The number of likely N-dealkylation sites (N-methyl/N-ethyl adjacent to an activating group) is 1. The van der Waals surface area contributed by atoms with Gasteiger partial charge in [0.15, 0.2) is 0 Å². The quantitative estimate of drug-likeness (QED) is 0.523. The molecular weight excluding hydrogens is 446 g/mol. The maximum Gasteiger partial charge on any atom is 0.248 e. The van der Waals surface area contributed by atoms with E-state index < -0.39 is 10.0 Å². The molecule has 0 saturated carbocycles. The Labute approximate surface area is 197 Å². The smallest absolute Gasteiger partial charge is 0.248 e. The van der Waals surface area contributed by atoms with E-state index in [9.17, 15) is 18.4 Å². The van der Waals surface area contributed by atoms with Crippen molar-refractivity contribution in [2.24, 2.45) is 5.41 Å². The number of sulfonamides is 1. The lowest BCUT2D eigenvalue weighted by atomic mass is 9.71. The van der Waals surface area contributed by atoms with Crippen LogP contribution in [0.3, 0.4) is 0 Å². The zero-order valence-corrected chi connectivity index (χ0v) is 20.9. The van der Waals surface area contributed by atoms with Gasteiger partial charge in [0.05, 0.1) is 18.6 Å². The van der Waals surface area contributed by atoms with Gasteiger partial charge in [-0.3, -0.25) is 4.79 Å². The molecule has 0 aliphatic carbocycles. The van der Waals surface area contributed by atoms with Crippen LogP contribution in [0.2, 0.25) is 0 Å². The van der Waals surface area contributed by atoms with Crippen LogP contribution in [-0.2, 0) is 19.6 Å². The van der Waals surface area contributed by atoms with E-state index in [1.807, 2.05) is 4.90 Å². The van der Waals surface area contributed by atoms with E-state index >= 15 is 0 Å². The summed E-state index contributed by atoms with van der Waals surface area (Å²) >= 11 is 0. The number of hydrogen-bond donors (Lipinski definition) is 0. The topological polar surface area (TPSA) is 102 Å². The molecule has 0 unspecified atom stereocenters. The summed E-state index contributed by atoms with van der Waals surface area (Å²) in [5.41, 5.74) is 1.45. The second-order valence-electron chi connectivity index (χ2n) is 9.28. The van der Waals surface area contributed by atoms with E-state index in [0.29, 0.717) is 43.1 Å². The highest BCUT2D eigenvalue weighted by Crippen LogP contribution is 2.41. The summed E-state index contributed by atoms with van der Waals surface area (Å²) in [7, 11) is -0.627. The highest BCUT2D eigenvalue weighted by atomic mass is 32.2. The van der Waals surface area contributed by atoms with Crippen LogP contribution < -0.4 is 4.74 Å². The molecule has 1 spiro atoms. The predicted octanol–water partition coefficient (Wildman–Crippen LogP) is 2.15. The number of rotatable bonds is 8. The largest absolute Gasteiger partial charge is 0.785 e. The minimum Gasteiger partial charge on any atom is -0.785 e. The van der Waals surface area contributed by atoms with Gasteiger partial charge in [-0.1, -0.05) is 0 Å². The third kappa shape index (κ3) is 6.05. The Morgan fingerprint density at radius 2 is 1.64 bits per heavy atom. The van der Waals surface area contributed by atoms with Crippen LogP contribution in [0.5, 0.6) is 5.75 Å². The second kappa shape index (κ2) is 10.7. The van der Waals surface area contributed by atoms with Crippen molar-refractivity contribution >= 4 is 15.9 Å². The zero-order valence-electron chi connectivity index (χ0n) is 20.1. The number of carbonyl (C=O) groups excluding carboxylic acids is 1. The van der Waals surface area contributed by atoms with Crippen molar-refractivity contribution < 1.29 is 22.7 Å². The van der Waals surface area contributed by atoms with Crippen molar-refractivity contribution in [1.29, 1.82) is 0 Å². The molecule has 2 fully saturated rings. The molecular formula is C23H36N3O6S-. The summed E-state index contributed by atoms with van der Waals surface area (Å²) in [5.74, 6) is 0.548. The predicted molar refractivity (Wildman–Crippen MR) is 126 cm³/mol. The van der Waals surface area contributed by atoms with Crippen LogP contribution in [0, 0.1) is 24.5 Å². The van der Waals surface area contributed by atoms with E-state index in [4.69, 9.17) is 9.47 Å². The van der Waals surface area contributed by atoms with Gasteiger partial charge < -0.3 is 24.6 Å². The fraction of sp³-hybridized carbons (Fsp3) is 0.696. The number of aryl methyl sites for hydroxylation is 2. The highest BCUT2D eigenvalue weighted by Gasteiger charge is 2.37. The molecule has 33 heavy (non-hydrogen) atoms. The Morgan fingerprint density at radius 3 is 2.18 bits per heavy atom. The summed E-state index contributed by atoms with van der Waals surface area (Å²) in [4.78, 5) is 14.6. The molecule has 186 valence electrons. The van der Waals surface area contributed by atoms with E-state index in [-0.39, 0.29) is 36.0 Å².